The summed E-state index contributed by atoms with van der Waals surface area (Å²) >= 11 is 0. The number of nitrogens with zero attached hydrogens (tertiary/aromatic N) is 1. The average Bonchev–Trinajstić information content (AvgIpc) is 2.68. The second-order valence-electron chi connectivity index (χ2n) is 5.90. The van der Waals surface area contributed by atoms with Crippen molar-refractivity contribution in [3.05, 3.63) is 81.7 Å². The van der Waals surface area contributed by atoms with Gasteiger partial charge in [0.05, 0.1) is 10.5 Å². The minimum absolute atomic E-state index is 0.141. The number of hydrogen-bond donors (Lipinski definition) is 1. The van der Waals surface area contributed by atoms with E-state index in [1.165, 1.54) is 43.3 Å². The van der Waals surface area contributed by atoms with Gasteiger partial charge in [-0.05, 0) is 43.2 Å². The number of amides is 1. The van der Waals surface area contributed by atoms with Gasteiger partial charge in [0.1, 0.15) is 5.82 Å². The fraction of sp³-hybridized carbons (Fsp3) is 0.200. The highest BCUT2D eigenvalue weighted by molar-refractivity contribution is 5.90. The number of benzene rings is 2. The van der Waals surface area contributed by atoms with Crippen molar-refractivity contribution in [3.8, 4) is 0 Å². The second-order valence-corrected chi connectivity index (χ2v) is 5.90. The first-order valence-corrected chi connectivity index (χ1v) is 8.51. The van der Waals surface area contributed by atoms with Crippen molar-refractivity contribution in [1.29, 1.82) is 0 Å². The first-order chi connectivity index (χ1) is 13.4. The van der Waals surface area contributed by atoms with Crippen LogP contribution < -0.4 is 5.32 Å². The number of ether oxygens (including phenoxy) is 1. The number of hydrogen-bond acceptors (Lipinski definition) is 5. The summed E-state index contributed by atoms with van der Waals surface area (Å²) in [5.41, 5.74) is 0.970. The van der Waals surface area contributed by atoms with Crippen LogP contribution in [0.25, 0.3) is 6.08 Å². The Morgan fingerprint density at radius 1 is 1.21 bits per heavy atom. The molecule has 0 saturated carbocycles. The highest BCUT2D eigenvalue weighted by Gasteiger charge is 2.16. The first-order valence-electron chi connectivity index (χ1n) is 8.51. The lowest BCUT2D eigenvalue weighted by Crippen LogP contribution is -2.36. The van der Waals surface area contributed by atoms with Gasteiger partial charge in [-0.2, -0.15) is 0 Å². The molecule has 0 aromatic heterocycles. The van der Waals surface area contributed by atoms with Gasteiger partial charge in [0.15, 0.2) is 6.10 Å². The Morgan fingerprint density at radius 3 is 2.57 bits per heavy atom. The maximum absolute atomic E-state index is 12.8. The van der Waals surface area contributed by atoms with E-state index in [0.29, 0.717) is 13.0 Å². The summed E-state index contributed by atoms with van der Waals surface area (Å²) in [5, 5.41) is 13.6. The fourth-order valence-electron chi connectivity index (χ4n) is 2.34. The molecule has 0 aliphatic heterocycles. The molecular weight excluding hydrogens is 367 g/mol. The van der Waals surface area contributed by atoms with Gasteiger partial charge in [0.2, 0.25) is 0 Å². The minimum Gasteiger partial charge on any atom is -0.449 e. The molecule has 7 nitrogen and oxygen atoms in total. The highest BCUT2D eigenvalue weighted by Crippen LogP contribution is 2.18. The number of carbonyl (C=O) groups excluding carboxylic acids is 2. The summed E-state index contributed by atoms with van der Waals surface area (Å²) in [5.74, 6) is -1.60. The zero-order valence-corrected chi connectivity index (χ0v) is 15.1. The molecule has 28 heavy (non-hydrogen) atoms. The van der Waals surface area contributed by atoms with Crippen LogP contribution in [0.3, 0.4) is 0 Å². The summed E-state index contributed by atoms with van der Waals surface area (Å²) in [6, 6.07) is 11.9. The quantitative estimate of drug-likeness (QED) is 0.325. The van der Waals surface area contributed by atoms with E-state index in [1.54, 1.807) is 18.2 Å². The Morgan fingerprint density at radius 2 is 1.89 bits per heavy atom. The summed E-state index contributed by atoms with van der Waals surface area (Å²) in [6.07, 6.45) is 1.77. The van der Waals surface area contributed by atoms with Gasteiger partial charge in [0.25, 0.3) is 11.6 Å². The SMILES string of the molecule is C[C@H](OC(=O)/C=C/c1ccccc1[N+](=O)[O-])C(=O)NCCc1ccc(F)cc1. The standard InChI is InChI=1S/C20H19FN2O5/c1-14(20(25)22-13-12-15-6-9-17(21)10-7-15)28-19(24)11-8-16-4-2-3-5-18(16)23(26)27/h2-11,14H,12-13H2,1H3,(H,22,25)/b11-8+/t14-/m0/s1. The van der Waals surface area contributed by atoms with Crippen molar-refractivity contribution < 1.29 is 23.6 Å². The van der Waals surface area contributed by atoms with Crippen LogP contribution in [0.5, 0.6) is 0 Å². The predicted octanol–water partition coefficient (Wildman–Crippen LogP) is 3.04. The van der Waals surface area contributed by atoms with E-state index in [2.05, 4.69) is 5.32 Å². The van der Waals surface area contributed by atoms with E-state index in [-0.39, 0.29) is 17.1 Å². The predicted molar refractivity (Wildman–Crippen MR) is 101 cm³/mol. The summed E-state index contributed by atoms with van der Waals surface area (Å²) in [6.45, 7) is 1.72. The molecule has 1 atom stereocenters. The number of carbonyl (C=O) groups is 2. The second kappa shape index (κ2) is 9.96. The van der Waals surface area contributed by atoms with E-state index >= 15 is 0 Å². The van der Waals surface area contributed by atoms with Gasteiger partial charge in [-0.3, -0.25) is 14.9 Å². The zero-order valence-electron chi connectivity index (χ0n) is 15.1. The molecule has 1 N–H and O–H groups in total. The van der Waals surface area contributed by atoms with Gasteiger partial charge >= 0.3 is 5.97 Å². The number of halogens is 1. The first kappa shape index (κ1) is 20.8. The summed E-state index contributed by atoms with van der Waals surface area (Å²) in [4.78, 5) is 34.2. The van der Waals surface area contributed by atoms with Crippen molar-refractivity contribution in [2.45, 2.75) is 19.4 Å². The average molecular weight is 386 g/mol. The Labute approximate surface area is 161 Å². The summed E-state index contributed by atoms with van der Waals surface area (Å²) < 4.78 is 17.8. The van der Waals surface area contributed by atoms with Gasteiger partial charge < -0.3 is 10.1 Å². The lowest BCUT2D eigenvalue weighted by molar-refractivity contribution is -0.385. The van der Waals surface area contributed by atoms with Crippen LogP contribution in [0.1, 0.15) is 18.1 Å². The lowest BCUT2D eigenvalue weighted by Gasteiger charge is -2.12. The van der Waals surface area contributed by atoms with Gasteiger partial charge in [-0.1, -0.05) is 24.3 Å². The molecule has 1 amide bonds. The van der Waals surface area contributed by atoms with E-state index in [4.69, 9.17) is 4.74 Å². The Kier molecular flexibility index (Phi) is 7.38. The smallest absolute Gasteiger partial charge is 0.331 e. The molecule has 0 aliphatic carbocycles. The molecule has 0 saturated heterocycles. The van der Waals surface area contributed by atoms with Crippen LogP contribution in [0, 0.1) is 15.9 Å². The molecule has 2 aromatic carbocycles. The topological polar surface area (TPSA) is 98.5 Å². The van der Waals surface area contributed by atoms with Crippen molar-refractivity contribution in [1.82, 2.24) is 5.32 Å². The third-order valence-electron chi connectivity index (χ3n) is 3.82. The van der Waals surface area contributed by atoms with Crippen LogP contribution >= 0.6 is 0 Å². The monoisotopic (exact) mass is 386 g/mol. The van der Waals surface area contributed by atoms with E-state index in [9.17, 15) is 24.1 Å². The molecular formula is C20H19FN2O5. The normalized spacial score (nSPS) is 11.8. The molecule has 0 aliphatic rings. The molecule has 146 valence electrons. The molecule has 2 rings (SSSR count). The van der Waals surface area contributed by atoms with Crippen molar-refractivity contribution in [2.75, 3.05) is 6.54 Å². The van der Waals surface area contributed by atoms with Gasteiger partial charge in [-0.15, -0.1) is 0 Å². The van der Waals surface area contributed by atoms with Gasteiger partial charge in [-0.25, -0.2) is 9.18 Å². The Balaban J connectivity index is 1.82. The minimum atomic E-state index is -1.03. The molecule has 0 radical (unpaired) electrons. The largest absolute Gasteiger partial charge is 0.449 e. The number of para-hydroxylation sites is 1. The van der Waals surface area contributed by atoms with E-state index in [1.807, 2.05) is 0 Å². The molecule has 0 heterocycles. The third kappa shape index (κ3) is 6.31. The maximum atomic E-state index is 12.8. The number of nitrogens with one attached hydrogen (secondary N) is 1. The van der Waals surface area contributed by atoms with Crippen molar-refractivity contribution in [3.63, 3.8) is 0 Å². The maximum Gasteiger partial charge on any atom is 0.331 e. The van der Waals surface area contributed by atoms with Gasteiger partial charge in [0, 0.05) is 18.7 Å². The van der Waals surface area contributed by atoms with Crippen LogP contribution in [0.15, 0.2) is 54.6 Å². The number of nitro groups is 1. The highest BCUT2D eigenvalue weighted by atomic mass is 19.1. The van der Waals surface area contributed by atoms with Crippen molar-refractivity contribution >= 4 is 23.6 Å². The molecule has 0 unspecified atom stereocenters. The zero-order chi connectivity index (χ0) is 20.5. The third-order valence-corrected chi connectivity index (χ3v) is 3.82. The lowest BCUT2D eigenvalue weighted by atomic mass is 10.1. The Bertz CT molecular complexity index is 880. The molecule has 2 aromatic rings. The molecule has 0 fully saturated rings. The van der Waals surface area contributed by atoms with Crippen LogP contribution in [-0.4, -0.2) is 29.4 Å². The Hall–Kier alpha value is -3.55. The van der Waals surface area contributed by atoms with Crippen molar-refractivity contribution in [2.24, 2.45) is 0 Å². The van der Waals surface area contributed by atoms with Crippen LogP contribution in [-0.2, 0) is 20.7 Å². The van der Waals surface area contributed by atoms with Crippen LogP contribution in [0.4, 0.5) is 10.1 Å². The van der Waals surface area contributed by atoms with E-state index in [0.717, 1.165) is 11.6 Å². The molecule has 0 spiro atoms. The molecule has 8 heteroatoms. The molecule has 0 bridgehead atoms. The summed E-state index contributed by atoms with van der Waals surface area (Å²) in [7, 11) is 0. The number of esters is 1. The van der Waals surface area contributed by atoms with Crippen LogP contribution in [0.2, 0.25) is 0 Å². The van der Waals surface area contributed by atoms with E-state index < -0.39 is 22.9 Å². The fourth-order valence-corrected chi connectivity index (χ4v) is 2.34. The number of rotatable bonds is 8. The number of nitro benzene ring substituents is 1.